The molecule has 20 heavy (non-hydrogen) atoms. The van der Waals surface area contributed by atoms with Gasteiger partial charge in [-0.1, -0.05) is 12.1 Å². The molecule has 7 heteroatoms. The summed E-state index contributed by atoms with van der Waals surface area (Å²) in [6.45, 7) is 1.60. The monoisotopic (exact) mass is 274 g/mol. The second-order valence-electron chi connectivity index (χ2n) is 4.40. The van der Waals surface area contributed by atoms with Crippen molar-refractivity contribution in [3.8, 4) is 5.69 Å². The minimum atomic E-state index is 0.0382. The van der Waals surface area contributed by atoms with Crippen LogP contribution in [0.5, 0.6) is 0 Å². The van der Waals surface area contributed by atoms with Gasteiger partial charge in [-0.3, -0.25) is 4.79 Å². The predicted molar refractivity (Wildman–Crippen MR) is 74.4 cm³/mol. The van der Waals surface area contributed by atoms with Crippen LogP contribution in [0.4, 0.5) is 0 Å². The molecular weight excluding hydrogens is 256 g/mol. The van der Waals surface area contributed by atoms with Gasteiger partial charge in [0, 0.05) is 6.54 Å². The maximum Gasteiger partial charge on any atom is 0.224 e. The first-order valence-corrected chi connectivity index (χ1v) is 6.53. The zero-order valence-corrected chi connectivity index (χ0v) is 11.4. The van der Waals surface area contributed by atoms with Gasteiger partial charge in [-0.05, 0) is 48.1 Å². The Balaban J connectivity index is 1.83. The fraction of sp³-hybridized carbons (Fsp3) is 0.385. The summed E-state index contributed by atoms with van der Waals surface area (Å²) in [7, 11) is 1.90. The number of carbonyl (C=O) groups excluding carboxylic acids is 1. The van der Waals surface area contributed by atoms with Gasteiger partial charge in [0.05, 0.1) is 12.1 Å². The van der Waals surface area contributed by atoms with Crippen molar-refractivity contribution in [1.29, 1.82) is 0 Å². The second-order valence-corrected chi connectivity index (χ2v) is 4.40. The first-order valence-electron chi connectivity index (χ1n) is 6.53. The first kappa shape index (κ1) is 14.1. The lowest BCUT2D eigenvalue weighted by molar-refractivity contribution is -0.120. The summed E-state index contributed by atoms with van der Waals surface area (Å²) in [5, 5.41) is 16.9. The van der Waals surface area contributed by atoms with Crippen LogP contribution in [0.2, 0.25) is 0 Å². The predicted octanol–water partition coefficient (Wildman–Crippen LogP) is -0.0695. The highest BCUT2D eigenvalue weighted by Gasteiger charge is 2.03. The van der Waals surface area contributed by atoms with Crippen molar-refractivity contribution >= 4 is 5.91 Å². The van der Waals surface area contributed by atoms with Crippen LogP contribution in [0.25, 0.3) is 5.69 Å². The van der Waals surface area contributed by atoms with Crippen LogP contribution in [0.1, 0.15) is 12.0 Å². The topological polar surface area (TPSA) is 84.7 Å². The highest BCUT2D eigenvalue weighted by atomic mass is 16.1. The molecule has 1 aromatic heterocycles. The molecule has 0 aliphatic rings. The summed E-state index contributed by atoms with van der Waals surface area (Å²) in [5.74, 6) is 0.0382. The fourth-order valence-corrected chi connectivity index (χ4v) is 1.79. The SMILES string of the molecule is CNCCCNC(=O)Cc1ccc(-n2cnnn2)cc1. The first-order chi connectivity index (χ1) is 9.79. The largest absolute Gasteiger partial charge is 0.356 e. The average molecular weight is 274 g/mol. The number of tetrazole rings is 1. The Labute approximate surface area is 117 Å². The van der Waals surface area contributed by atoms with Crippen LogP contribution in [-0.4, -0.2) is 46.3 Å². The van der Waals surface area contributed by atoms with Crippen LogP contribution in [0, 0.1) is 0 Å². The molecule has 2 N–H and O–H groups in total. The molecule has 0 aliphatic heterocycles. The van der Waals surface area contributed by atoms with Crippen molar-refractivity contribution in [2.75, 3.05) is 20.1 Å². The highest BCUT2D eigenvalue weighted by Crippen LogP contribution is 2.08. The Bertz CT molecular complexity index is 522. The third kappa shape index (κ3) is 4.13. The molecule has 2 rings (SSSR count). The summed E-state index contributed by atoms with van der Waals surface area (Å²) in [4.78, 5) is 11.7. The molecule has 0 spiro atoms. The van der Waals surface area contributed by atoms with Gasteiger partial charge in [0.1, 0.15) is 6.33 Å². The van der Waals surface area contributed by atoms with E-state index in [1.807, 2.05) is 31.3 Å². The van der Waals surface area contributed by atoms with Crippen molar-refractivity contribution in [2.45, 2.75) is 12.8 Å². The van der Waals surface area contributed by atoms with E-state index >= 15 is 0 Å². The number of hydrogen-bond acceptors (Lipinski definition) is 5. The van der Waals surface area contributed by atoms with Crippen LogP contribution in [-0.2, 0) is 11.2 Å². The van der Waals surface area contributed by atoms with Crippen molar-refractivity contribution in [1.82, 2.24) is 30.8 Å². The quantitative estimate of drug-likeness (QED) is 0.690. The molecule has 0 fully saturated rings. The van der Waals surface area contributed by atoms with Crippen molar-refractivity contribution in [3.05, 3.63) is 36.2 Å². The number of hydrogen-bond donors (Lipinski definition) is 2. The van der Waals surface area contributed by atoms with Crippen LogP contribution >= 0.6 is 0 Å². The standard InChI is InChI=1S/C13H18N6O/c1-14-7-2-8-15-13(20)9-11-3-5-12(6-4-11)19-10-16-17-18-19/h3-6,10,14H,2,7-9H2,1H3,(H,15,20). The molecule has 7 nitrogen and oxygen atoms in total. The maximum absolute atomic E-state index is 11.7. The Hall–Kier alpha value is -2.28. The Morgan fingerprint density at radius 1 is 1.25 bits per heavy atom. The van der Waals surface area contributed by atoms with Gasteiger partial charge in [-0.2, -0.15) is 0 Å². The Kier molecular flexibility index (Phi) is 5.19. The van der Waals surface area contributed by atoms with E-state index in [1.54, 1.807) is 4.68 Å². The lowest BCUT2D eigenvalue weighted by atomic mass is 10.1. The fourth-order valence-electron chi connectivity index (χ4n) is 1.79. The third-order valence-electron chi connectivity index (χ3n) is 2.84. The minimum Gasteiger partial charge on any atom is -0.356 e. The van der Waals surface area contributed by atoms with E-state index in [1.165, 1.54) is 6.33 Å². The van der Waals surface area contributed by atoms with Gasteiger partial charge in [0.25, 0.3) is 0 Å². The molecular formula is C13H18N6O. The van der Waals surface area contributed by atoms with E-state index in [-0.39, 0.29) is 5.91 Å². The van der Waals surface area contributed by atoms with E-state index in [0.717, 1.165) is 24.2 Å². The van der Waals surface area contributed by atoms with Gasteiger partial charge in [0.2, 0.25) is 5.91 Å². The van der Waals surface area contributed by atoms with E-state index in [2.05, 4.69) is 26.2 Å². The molecule has 1 heterocycles. The second kappa shape index (κ2) is 7.34. The van der Waals surface area contributed by atoms with Crippen LogP contribution in [0.15, 0.2) is 30.6 Å². The van der Waals surface area contributed by atoms with E-state index < -0.39 is 0 Å². The normalized spacial score (nSPS) is 10.4. The van der Waals surface area contributed by atoms with Gasteiger partial charge in [-0.25, -0.2) is 4.68 Å². The smallest absolute Gasteiger partial charge is 0.224 e. The molecule has 0 saturated carbocycles. The summed E-state index contributed by atoms with van der Waals surface area (Å²) < 4.78 is 1.57. The average Bonchev–Trinajstić information content (AvgIpc) is 2.99. The summed E-state index contributed by atoms with van der Waals surface area (Å²) >= 11 is 0. The van der Waals surface area contributed by atoms with E-state index in [0.29, 0.717) is 13.0 Å². The molecule has 0 aliphatic carbocycles. The molecule has 106 valence electrons. The zero-order valence-electron chi connectivity index (χ0n) is 11.4. The molecule has 1 amide bonds. The van der Waals surface area contributed by atoms with Crippen molar-refractivity contribution in [2.24, 2.45) is 0 Å². The molecule has 0 bridgehead atoms. The highest BCUT2D eigenvalue weighted by molar-refractivity contribution is 5.78. The molecule has 0 saturated heterocycles. The van der Waals surface area contributed by atoms with Crippen molar-refractivity contribution in [3.63, 3.8) is 0 Å². The van der Waals surface area contributed by atoms with E-state index in [9.17, 15) is 4.79 Å². The number of nitrogens with one attached hydrogen (secondary N) is 2. The zero-order chi connectivity index (χ0) is 14.2. The van der Waals surface area contributed by atoms with Gasteiger partial charge in [-0.15, -0.1) is 5.10 Å². The summed E-state index contributed by atoms with van der Waals surface area (Å²) in [5.41, 5.74) is 1.83. The number of amides is 1. The third-order valence-corrected chi connectivity index (χ3v) is 2.84. The molecule has 0 radical (unpaired) electrons. The summed E-state index contributed by atoms with van der Waals surface area (Å²) in [6, 6.07) is 7.59. The number of nitrogens with zero attached hydrogens (tertiary/aromatic N) is 4. The number of benzene rings is 1. The maximum atomic E-state index is 11.7. The van der Waals surface area contributed by atoms with Crippen molar-refractivity contribution < 1.29 is 4.79 Å². The molecule has 2 aromatic rings. The Morgan fingerprint density at radius 2 is 2.05 bits per heavy atom. The number of aromatic nitrogens is 4. The Morgan fingerprint density at radius 3 is 2.70 bits per heavy atom. The lowest BCUT2D eigenvalue weighted by Gasteiger charge is -2.06. The molecule has 0 unspecified atom stereocenters. The van der Waals surface area contributed by atoms with E-state index in [4.69, 9.17) is 0 Å². The summed E-state index contributed by atoms with van der Waals surface area (Å²) in [6.07, 6.45) is 2.85. The number of rotatable bonds is 7. The van der Waals surface area contributed by atoms with Gasteiger partial charge >= 0.3 is 0 Å². The van der Waals surface area contributed by atoms with Crippen LogP contribution < -0.4 is 10.6 Å². The number of carbonyl (C=O) groups is 1. The minimum absolute atomic E-state index is 0.0382. The van der Waals surface area contributed by atoms with Gasteiger partial charge in [0.15, 0.2) is 0 Å². The molecule has 1 aromatic carbocycles. The lowest BCUT2D eigenvalue weighted by Crippen LogP contribution is -2.27. The van der Waals surface area contributed by atoms with Crippen LogP contribution in [0.3, 0.4) is 0 Å². The molecule has 0 atom stereocenters. The van der Waals surface area contributed by atoms with Gasteiger partial charge < -0.3 is 10.6 Å².